The molecule has 1 aliphatic carbocycles. The van der Waals surface area contributed by atoms with Crippen molar-refractivity contribution in [3.05, 3.63) is 65.0 Å². The molecule has 0 unspecified atom stereocenters. The van der Waals surface area contributed by atoms with E-state index < -0.39 is 11.6 Å². The summed E-state index contributed by atoms with van der Waals surface area (Å²) in [6, 6.07) is 14.0. The van der Waals surface area contributed by atoms with Crippen LogP contribution in [0.2, 0.25) is 0 Å². The quantitative estimate of drug-likeness (QED) is 0.289. The number of anilines is 1. The number of nitrogen functional groups attached to an aromatic ring is 1. The van der Waals surface area contributed by atoms with Crippen molar-refractivity contribution in [2.45, 2.75) is 37.2 Å². The smallest absolute Gasteiger partial charge is 0.335 e. The lowest BCUT2D eigenvalue weighted by molar-refractivity contribution is -0.172. The summed E-state index contributed by atoms with van der Waals surface area (Å²) in [4.78, 5) is 24.3. The molecule has 2 fully saturated rings. The third kappa shape index (κ3) is 5.59. The Morgan fingerprint density at radius 2 is 1.85 bits per heavy atom. The van der Waals surface area contributed by atoms with Crippen LogP contribution in [0.3, 0.4) is 0 Å². The van der Waals surface area contributed by atoms with Gasteiger partial charge >= 0.3 is 5.97 Å². The van der Waals surface area contributed by atoms with Gasteiger partial charge in [-0.2, -0.15) is 9.61 Å². The van der Waals surface area contributed by atoms with E-state index in [1.807, 2.05) is 48.7 Å². The predicted molar refractivity (Wildman–Crippen MR) is 159 cm³/mol. The number of pyridine rings is 1. The number of nitrogens with zero attached hydrogens (tertiary/aromatic N) is 5. The molecule has 3 aromatic heterocycles. The molecular formula is C30H33BrN6O4. The highest BCUT2D eigenvalue weighted by molar-refractivity contribution is 9.10. The maximum absolute atomic E-state index is 12.4. The molecule has 6 rings (SSSR count). The second-order valence-corrected chi connectivity index (χ2v) is 11.5. The molecule has 0 radical (unpaired) electrons. The minimum Gasteiger partial charge on any atom is -0.479 e. The number of carboxylic acids is 1. The maximum Gasteiger partial charge on any atom is 0.335 e. The van der Waals surface area contributed by atoms with Gasteiger partial charge in [0.05, 0.1) is 41.9 Å². The second kappa shape index (κ2) is 11.8. The highest BCUT2D eigenvalue weighted by atomic mass is 79.9. The molecule has 0 atom stereocenters. The van der Waals surface area contributed by atoms with Gasteiger partial charge < -0.3 is 20.3 Å². The highest BCUT2D eigenvalue weighted by Gasteiger charge is 2.44. The molecule has 3 N–H and O–H groups in total. The van der Waals surface area contributed by atoms with E-state index in [0.29, 0.717) is 68.0 Å². The topological polar surface area (TPSA) is 128 Å². The number of aromatic nitrogens is 4. The lowest BCUT2D eigenvalue weighted by atomic mass is 9.77. The van der Waals surface area contributed by atoms with Gasteiger partial charge in [-0.15, -0.1) is 0 Å². The second-order valence-electron chi connectivity index (χ2n) is 10.7. The molecule has 1 saturated heterocycles. The molecule has 0 bridgehead atoms. The Bertz CT molecular complexity index is 1510. The monoisotopic (exact) mass is 620 g/mol. The van der Waals surface area contributed by atoms with Crippen LogP contribution in [0, 0.1) is 0 Å². The van der Waals surface area contributed by atoms with Crippen LogP contribution in [-0.2, 0) is 14.3 Å². The highest BCUT2D eigenvalue weighted by Crippen LogP contribution is 2.43. The van der Waals surface area contributed by atoms with Crippen molar-refractivity contribution in [1.82, 2.24) is 24.5 Å². The molecule has 0 amide bonds. The molecular weight excluding hydrogens is 588 g/mol. The van der Waals surface area contributed by atoms with Crippen molar-refractivity contribution in [2.75, 3.05) is 45.2 Å². The molecule has 1 aliphatic heterocycles. The van der Waals surface area contributed by atoms with E-state index in [2.05, 4.69) is 30.9 Å². The number of halogens is 1. The Labute approximate surface area is 246 Å². The molecule has 41 heavy (non-hydrogen) atoms. The van der Waals surface area contributed by atoms with Gasteiger partial charge in [0.25, 0.3) is 0 Å². The zero-order valence-corrected chi connectivity index (χ0v) is 24.3. The number of fused-ring (bicyclic) bond motifs is 1. The number of benzene rings is 1. The van der Waals surface area contributed by atoms with Gasteiger partial charge in [-0.25, -0.2) is 9.78 Å². The fraction of sp³-hybridized carbons (Fsp3) is 0.400. The van der Waals surface area contributed by atoms with E-state index in [9.17, 15) is 9.90 Å². The Morgan fingerprint density at radius 3 is 2.54 bits per heavy atom. The van der Waals surface area contributed by atoms with Crippen molar-refractivity contribution in [2.24, 2.45) is 0 Å². The zero-order chi connectivity index (χ0) is 28.4. The van der Waals surface area contributed by atoms with E-state index >= 15 is 0 Å². The number of nitrogens with two attached hydrogens (primary N) is 1. The van der Waals surface area contributed by atoms with Gasteiger partial charge in [-0.1, -0.05) is 36.4 Å². The maximum atomic E-state index is 12.4. The summed E-state index contributed by atoms with van der Waals surface area (Å²) in [7, 11) is 0. The van der Waals surface area contributed by atoms with Crippen LogP contribution in [0.4, 0.5) is 5.82 Å². The number of carboxylic acid groups (broad SMARTS) is 1. The molecule has 0 spiro atoms. The number of aliphatic carboxylic acids is 1. The van der Waals surface area contributed by atoms with Crippen LogP contribution in [-0.4, -0.2) is 80.6 Å². The first-order valence-corrected chi connectivity index (χ1v) is 14.8. The number of hydrogen-bond acceptors (Lipinski definition) is 8. The summed E-state index contributed by atoms with van der Waals surface area (Å²) in [5, 5.41) is 14.6. The number of morpholine rings is 1. The zero-order valence-electron chi connectivity index (χ0n) is 22.7. The van der Waals surface area contributed by atoms with Crippen molar-refractivity contribution in [3.8, 4) is 22.4 Å². The SMILES string of the molecule is Nc1c(Br)c(C2CCC(OCCN3CCOCC3)(C(=O)O)CC2)nc2c(-c3ccc(-c4ccccc4)nc3)cnn12. The molecule has 4 aromatic rings. The third-order valence-electron chi connectivity index (χ3n) is 8.25. The first-order chi connectivity index (χ1) is 19.9. The van der Waals surface area contributed by atoms with Gasteiger partial charge in [0.15, 0.2) is 11.2 Å². The molecule has 11 heteroatoms. The fourth-order valence-corrected chi connectivity index (χ4v) is 6.37. The molecule has 10 nitrogen and oxygen atoms in total. The first kappa shape index (κ1) is 27.8. The first-order valence-electron chi connectivity index (χ1n) is 14.0. The van der Waals surface area contributed by atoms with Gasteiger partial charge in [0.1, 0.15) is 5.82 Å². The van der Waals surface area contributed by atoms with Crippen LogP contribution in [0.5, 0.6) is 0 Å². The van der Waals surface area contributed by atoms with Gasteiger partial charge in [-0.05, 0) is 47.7 Å². The van der Waals surface area contributed by atoms with Gasteiger partial charge in [0.2, 0.25) is 0 Å². The molecule has 4 heterocycles. The van der Waals surface area contributed by atoms with Crippen LogP contribution >= 0.6 is 15.9 Å². The van der Waals surface area contributed by atoms with Crippen LogP contribution in [0.25, 0.3) is 28.0 Å². The van der Waals surface area contributed by atoms with E-state index in [1.54, 1.807) is 10.7 Å². The minimum absolute atomic E-state index is 0.0355. The van der Waals surface area contributed by atoms with E-state index in [1.165, 1.54) is 0 Å². The lowest BCUT2D eigenvalue weighted by Crippen LogP contribution is -2.47. The van der Waals surface area contributed by atoms with Crippen molar-refractivity contribution in [1.29, 1.82) is 0 Å². The number of hydrogen-bond donors (Lipinski definition) is 2. The van der Waals surface area contributed by atoms with Crippen LogP contribution in [0.15, 0.2) is 59.3 Å². The van der Waals surface area contributed by atoms with Gasteiger partial charge in [0, 0.05) is 48.4 Å². The molecule has 214 valence electrons. The lowest BCUT2D eigenvalue weighted by Gasteiger charge is -2.37. The van der Waals surface area contributed by atoms with Crippen molar-refractivity contribution < 1.29 is 19.4 Å². The summed E-state index contributed by atoms with van der Waals surface area (Å²) in [5.74, 6) is -0.403. The van der Waals surface area contributed by atoms with Crippen molar-refractivity contribution in [3.63, 3.8) is 0 Å². The summed E-state index contributed by atoms with van der Waals surface area (Å²) in [5.41, 5.74) is 10.5. The Hall–Kier alpha value is -3.38. The number of carbonyl (C=O) groups is 1. The van der Waals surface area contributed by atoms with Crippen LogP contribution in [0.1, 0.15) is 37.3 Å². The van der Waals surface area contributed by atoms with E-state index in [4.69, 9.17) is 20.2 Å². The third-order valence-corrected chi connectivity index (χ3v) is 9.06. The molecule has 1 aromatic carbocycles. The Morgan fingerprint density at radius 1 is 1.10 bits per heavy atom. The van der Waals surface area contributed by atoms with E-state index in [0.717, 1.165) is 41.2 Å². The summed E-state index contributed by atoms with van der Waals surface area (Å²) in [6.45, 7) is 4.18. The van der Waals surface area contributed by atoms with Gasteiger partial charge in [-0.3, -0.25) is 9.88 Å². The molecule has 2 aliphatic rings. The Balaban J connectivity index is 1.21. The van der Waals surface area contributed by atoms with E-state index in [-0.39, 0.29) is 5.92 Å². The average Bonchev–Trinajstić information content (AvgIpc) is 3.44. The summed E-state index contributed by atoms with van der Waals surface area (Å²) in [6.07, 6.45) is 5.66. The normalized spacial score (nSPS) is 21.7. The predicted octanol–water partition coefficient (Wildman–Crippen LogP) is 4.63. The van der Waals surface area contributed by atoms with Crippen molar-refractivity contribution >= 4 is 33.4 Å². The minimum atomic E-state index is -1.18. The largest absolute Gasteiger partial charge is 0.479 e. The standard InChI is InChI=1S/C30H33BrN6O4/c31-25-26(21-8-10-30(11-9-21,29(38)39)41-17-14-36-12-15-40-16-13-36)35-28-23(19-34-37(28)27(25)32)22-6-7-24(33-18-22)20-4-2-1-3-5-20/h1-7,18-19,21H,8-17,32H2,(H,38,39). The Kier molecular flexibility index (Phi) is 8.03. The van der Waals surface area contributed by atoms with Crippen LogP contribution < -0.4 is 5.73 Å². The molecule has 1 saturated carbocycles. The fourth-order valence-electron chi connectivity index (χ4n) is 5.79. The summed E-state index contributed by atoms with van der Waals surface area (Å²) < 4.78 is 13.8. The average molecular weight is 622 g/mol. The number of ether oxygens (including phenoxy) is 2. The summed E-state index contributed by atoms with van der Waals surface area (Å²) >= 11 is 3.66. The number of rotatable bonds is 8.